The molecule has 3 rings (SSSR count). The highest BCUT2D eigenvalue weighted by Crippen LogP contribution is 2.36. The minimum atomic E-state index is -4.50. The van der Waals surface area contributed by atoms with Gasteiger partial charge in [-0.15, -0.1) is 0 Å². The van der Waals surface area contributed by atoms with Crippen molar-refractivity contribution in [1.29, 1.82) is 0 Å². The monoisotopic (exact) mass is 323 g/mol. The second-order valence-corrected chi connectivity index (χ2v) is 4.67. The SMILES string of the molecule is O=[N+]([O-])c1cc(Oc2cccc(C(F)(F)F)c2)cc2ccoc12. The van der Waals surface area contributed by atoms with Crippen molar-refractivity contribution in [2.24, 2.45) is 0 Å². The van der Waals surface area contributed by atoms with E-state index in [0.717, 1.165) is 18.2 Å². The molecule has 0 fully saturated rings. The number of fused-ring (bicyclic) bond motifs is 1. The van der Waals surface area contributed by atoms with Gasteiger partial charge in [-0.1, -0.05) is 6.07 Å². The van der Waals surface area contributed by atoms with Gasteiger partial charge in [-0.3, -0.25) is 10.1 Å². The summed E-state index contributed by atoms with van der Waals surface area (Å²) in [7, 11) is 0. The topological polar surface area (TPSA) is 65.5 Å². The normalized spacial score (nSPS) is 11.6. The number of nitro groups is 1. The number of rotatable bonds is 3. The largest absolute Gasteiger partial charge is 0.457 e. The first-order valence-corrected chi connectivity index (χ1v) is 6.35. The average Bonchev–Trinajstić information content (AvgIpc) is 2.94. The average molecular weight is 323 g/mol. The van der Waals surface area contributed by atoms with Crippen LogP contribution in [-0.4, -0.2) is 4.92 Å². The number of benzene rings is 2. The van der Waals surface area contributed by atoms with Crippen LogP contribution in [0.25, 0.3) is 11.0 Å². The van der Waals surface area contributed by atoms with Crippen LogP contribution in [0.15, 0.2) is 53.1 Å². The van der Waals surface area contributed by atoms with Crippen LogP contribution < -0.4 is 4.74 Å². The molecule has 1 heterocycles. The maximum absolute atomic E-state index is 12.7. The molecule has 0 radical (unpaired) electrons. The summed E-state index contributed by atoms with van der Waals surface area (Å²) in [5.74, 6) is -0.0260. The van der Waals surface area contributed by atoms with Gasteiger partial charge in [0.1, 0.15) is 11.5 Å². The van der Waals surface area contributed by atoms with Gasteiger partial charge in [0.25, 0.3) is 0 Å². The maximum atomic E-state index is 12.7. The number of hydrogen-bond acceptors (Lipinski definition) is 4. The van der Waals surface area contributed by atoms with Gasteiger partial charge in [0, 0.05) is 5.39 Å². The standard InChI is InChI=1S/C15H8F3NO4/c16-15(17,18)10-2-1-3-11(7-10)23-12-6-9-4-5-22-14(9)13(8-12)19(20)21/h1-8H. The Morgan fingerprint density at radius 2 is 1.87 bits per heavy atom. The first kappa shape index (κ1) is 14.9. The zero-order valence-corrected chi connectivity index (χ0v) is 11.3. The van der Waals surface area contributed by atoms with E-state index in [2.05, 4.69) is 0 Å². The molecule has 0 atom stereocenters. The van der Waals surface area contributed by atoms with E-state index in [0.29, 0.717) is 5.39 Å². The summed E-state index contributed by atoms with van der Waals surface area (Å²) in [4.78, 5) is 10.4. The summed E-state index contributed by atoms with van der Waals surface area (Å²) >= 11 is 0. The van der Waals surface area contributed by atoms with E-state index < -0.39 is 16.7 Å². The number of hydrogen-bond donors (Lipinski definition) is 0. The minimum Gasteiger partial charge on any atom is -0.457 e. The van der Waals surface area contributed by atoms with Crippen LogP contribution in [0.3, 0.4) is 0 Å². The summed E-state index contributed by atoms with van der Waals surface area (Å²) in [6.45, 7) is 0. The Hall–Kier alpha value is -3.03. The molecule has 0 aliphatic rings. The predicted molar refractivity (Wildman–Crippen MR) is 74.4 cm³/mol. The molecule has 0 N–H and O–H groups in total. The van der Waals surface area contributed by atoms with E-state index >= 15 is 0 Å². The van der Waals surface area contributed by atoms with Gasteiger partial charge in [0.05, 0.1) is 22.8 Å². The Labute approximate surface area is 127 Å². The molecule has 0 saturated heterocycles. The molecule has 0 aliphatic carbocycles. The highest BCUT2D eigenvalue weighted by Gasteiger charge is 2.30. The summed E-state index contributed by atoms with van der Waals surface area (Å²) in [6, 6.07) is 8.32. The van der Waals surface area contributed by atoms with Gasteiger partial charge >= 0.3 is 11.9 Å². The van der Waals surface area contributed by atoms with E-state index in [-0.39, 0.29) is 22.8 Å². The van der Waals surface area contributed by atoms with Crippen LogP contribution in [0.2, 0.25) is 0 Å². The molecular formula is C15H8F3NO4. The van der Waals surface area contributed by atoms with Crippen LogP contribution in [-0.2, 0) is 6.18 Å². The number of nitrogens with zero attached hydrogens (tertiary/aromatic N) is 1. The van der Waals surface area contributed by atoms with Crippen molar-refractivity contribution >= 4 is 16.7 Å². The van der Waals surface area contributed by atoms with E-state index in [4.69, 9.17) is 9.15 Å². The molecule has 23 heavy (non-hydrogen) atoms. The summed E-state index contributed by atoms with van der Waals surface area (Å²) in [5, 5.41) is 11.5. The van der Waals surface area contributed by atoms with Gasteiger partial charge in [0.2, 0.25) is 5.58 Å². The Kier molecular flexibility index (Phi) is 3.44. The molecule has 1 aromatic heterocycles. The lowest BCUT2D eigenvalue weighted by molar-refractivity contribution is -0.383. The van der Waals surface area contributed by atoms with Crippen molar-refractivity contribution in [2.75, 3.05) is 0 Å². The summed E-state index contributed by atoms with van der Waals surface area (Å²) in [5.41, 5.74) is -1.12. The lowest BCUT2D eigenvalue weighted by Crippen LogP contribution is -2.04. The lowest BCUT2D eigenvalue weighted by atomic mass is 10.2. The number of non-ortho nitro benzene ring substituents is 1. The van der Waals surface area contributed by atoms with Crippen molar-refractivity contribution in [3.05, 3.63) is 64.4 Å². The number of furan rings is 1. The Morgan fingerprint density at radius 1 is 1.09 bits per heavy atom. The molecule has 8 heteroatoms. The quantitative estimate of drug-likeness (QED) is 0.494. The third-order valence-electron chi connectivity index (χ3n) is 3.10. The van der Waals surface area contributed by atoms with Crippen molar-refractivity contribution in [3.63, 3.8) is 0 Å². The second-order valence-electron chi connectivity index (χ2n) is 4.67. The Bertz CT molecular complexity index is 886. The van der Waals surface area contributed by atoms with Crippen LogP contribution >= 0.6 is 0 Å². The molecule has 0 aliphatic heterocycles. The minimum absolute atomic E-state index is 0.0462. The summed E-state index contributed by atoms with van der Waals surface area (Å²) in [6.07, 6.45) is -3.22. The third kappa shape index (κ3) is 2.96. The zero-order valence-electron chi connectivity index (χ0n) is 11.3. The first-order chi connectivity index (χ1) is 10.8. The van der Waals surface area contributed by atoms with E-state index in [1.54, 1.807) is 0 Å². The van der Waals surface area contributed by atoms with Gasteiger partial charge in [-0.25, -0.2) is 0 Å². The molecule has 0 saturated carbocycles. The van der Waals surface area contributed by atoms with E-state index in [1.807, 2.05) is 0 Å². The lowest BCUT2D eigenvalue weighted by Gasteiger charge is -2.10. The molecule has 0 spiro atoms. The molecule has 0 bridgehead atoms. The Balaban J connectivity index is 2.00. The predicted octanol–water partition coefficient (Wildman–Crippen LogP) is 5.15. The first-order valence-electron chi connectivity index (χ1n) is 6.35. The highest BCUT2D eigenvalue weighted by molar-refractivity contribution is 5.87. The molecule has 5 nitrogen and oxygen atoms in total. The van der Waals surface area contributed by atoms with E-state index in [1.165, 1.54) is 30.5 Å². The van der Waals surface area contributed by atoms with Gasteiger partial charge in [-0.05, 0) is 30.3 Å². The molecule has 118 valence electrons. The smallest absolute Gasteiger partial charge is 0.416 e. The van der Waals surface area contributed by atoms with Crippen LogP contribution in [0.5, 0.6) is 11.5 Å². The molecular weight excluding hydrogens is 315 g/mol. The number of alkyl halides is 3. The van der Waals surface area contributed by atoms with E-state index in [9.17, 15) is 23.3 Å². The maximum Gasteiger partial charge on any atom is 0.416 e. The fourth-order valence-corrected chi connectivity index (χ4v) is 2.10. The number of halogens is 3. The van der Waals surface area contributed by atoms with Crippen molar-refractivity contribution < 1.29 is 27.2 Å². The molecule has 2 aromatic carbocycles. The van der Waals surface area contributed by atoms with Gasteiger partial charge in [0.15, 0.2) is 0 Å². The van der Waals surface area contributed by atoms with Crippen molar-refractivity contribution in [1.82, 2.24) is 0 Å². The number of ether oxygens (including phenoxy) is 1. The molecule has 3 aromatic rings. The number of nitro benzene ring substituents is 1. The fourth-order valence-electron chi connectivity index (χ4n) is 2.10. The highest BCUT2D eigenvalue weighted by atomic mass is 19.4. The third-order valence-corrected chi connectivity index (χ3v) is 3.10. The van der Waals surface area contributed by atoms with Crippen LogP contribution in [0.4, 0.5) is 18.9 Å². The zero-order chi connectivity index (χ0) is 16.6. The van der Waals surface area contributed by atoms with Crippen molar-refractivity contribution in [2.45, 2.75) is 6.18 Å². The van der Waals surface area contributed by atoms with Gasteiger partial charge in [-0.2, -0.15) is 13.2 Å². The summed E-state index contributed by atoms with van der Waals surface area (Å²) < 4.78 is 48.4. The van der Waals surface area contributed by atoms with Crippen LogP contribution in [0.1, 0.15) is 5.56 Å². The Morgan fingerprint density at radius 3 is 2.57 bits per heavy atom. The van der Waals surface area contributed by atoms with Crippen LogP contribution in [0, 0.1) is 10.1 Å². The molecule has 0 amide bonds. The van der Waals surface area contributed by atoms with Crippen molar-refractivity contribution in [3.8, 4) is 11.5 Å². The second kappa shape index (κ2) is 5.31. The van der Waals surface area contributed by atoms with Gasteiger partial charge < -0.3 is 9.15 Å². The fraction of sp³-hybridized carbons (Fsp3) is 0.0667. The molecule has 0 unspecified atom stereocenters.